The van der Waals surface area contributed by atoms with E-state index >= 15 is 0 Å². The number of carbonyl (C=O) groups is 2. The maximum Gasteiger partial charge on any atom is 0.321 e. The van der Waals surface area contributed by atoms with Crippen molar-refractivity contribution in [2.24, 2.45) is 0 Å². The van der Waals surface area contributed by atoms with Crippen molar-refractivity contribution >= 4 is 29.4 Å². The summed E-state index contributed by atoms with van der Waals surface area (Å²) in [5.74, 6) is 0.280. The number of thioether (sulfide) groups is 1. The van der Waals surface area contributed by atoms with Crippen molar-refractivity contribution < 1.29 is 14.3 Å². The van der Waals surface area contributed by atoms with Gasteiger partial charge in [-0.2, -0.15) is 0 Å². The van der Waals surface area contributed by atoms with Crippen molar-refractivity contribution in [1.82, 2.24) is 10.6 Å². The second-order valence-electron chi connectivity index (χ2n) is 3.73. The van der Waals surface area contributed by atoms with Crippen LogP contribution in [-0.2, 0) is 4.79 Å². The average Bonchev–Trinajstić information content (AvgIpc) is 2.40. The van der Waals surface area contributed by atoms with E-state index in [2.05, 4.69) is 10.6 Å². The zero-order chi connectivity index (χ0) is 14.4. The van der Waals surface area contributed by atoms with Crippen molar-refractivity contribution in [2.45, 2.75) is 17.1 Å². The highest BCUT2D eigenvalue weighted by Crippen LogP contribution is 2.31. The van der Waals surface area contributed by atoms with Gasteiger partial charge in [0.05, 0.1) is 12.4 Å². The summed E-state index contributed by atoms with van der Waals surface area (Å²) in [5, 5.41) is 4.08. The Labute approximate surface area is 116 Å². The maximum atomic E-state index is 11.7. The van der Waals surface area contributed by atoms with Crippen molar-refractivity contribution in [3.8, 4) is 5.75 Å². The minimum Gasteiger partial charge on any atom is -0.497 e. The Kier molecular flexibility index (Phi) is 5.50. The number of amides is 3. The van der Waals surface area contributed by atoms with Crippen LogP contribution in [0.25, 0.3) is 0 Å². The third-order valence-corrected chi connectivity index (χ3v) is 3.53. The maximum absolute atomic E-state index is 11.7. The Balaban J connectivity index is 2.73. The van der Waals surface area contributed by atoms with Gasteiger partial charge in [0.1, 0.15) is 5.75 Å². The second-order valence-corrected chi connectivity index (χ2v) is 5.11. The number of benzene rings is 1. The van der Waals surface area contributed by atoms with Crippen molar-refractivity contribution in [3.05, 3.63) is 18.2 Å². The number of carbonyl (C=O) groups excluding carboxylic acids is 2. The number of urea groups is 1. The summed E-state index contributed by atoms with van der Waals surface area (Å²) < 4.78 is 5.10. The van der Waals surface area contributed by atoms with E-state index in [-0.39, 0.29) is 5.91 Å². The predicted molar refractivity (Wildman–Crippen MR) is 75.3 cm³/mol. The Morgan fingerprint density at radius 2 is 2.11 bits per heavy atom. The monoisotopic (exact) mass is 283 g/mol. The molecule has 0 saturated carbocycles. The summed E-state index contributed by atoms with van der Waals surface area (Å²) in [5.41, 5.74) is 6.39. The van der Waals surface area contributed by atoms with Gasteiger partial charge in [-0.15, -0.1) is 11.8 Å². The van der Waals surface area contributed by atoms with Crippen LogP contribution in [0.15, 0.2) is 23.1 Å². The first-order chi connectivity index (χ1) is 8.97. The van der Waals surface area contributed by atoms with Gasteiger partial charge in [0.25, 0.3) is 0 Å². The molecule has 0 aliphatic rings. The summed E-state index contributed by atoms with van der Waals surface area (Å²) in [6, 6.07) is 4.68. The molecule has 0 saturated heterocycles. The van der Waals surface area contributed by atoms with Gasteiger partial charge in [-0.05, 0) is 25.1 Å². The van der Waals surface area contributed by atoms with Crippen LogP contribution < -0.4 is 21.1 Å². The van der Waals surface area contributed by atoms with Gasteiger partial charge in [-0.3, -0.25) is 10.1 Å². The molecule has 0 bridgehead atoms. The van der Waals surface area contributed by atoms with E-state index in [1.165, 1.54) is 18.8 Å². The van der Waals surface area contributed by atoms with Crippen LogP contribution in [0.1, 0.15) is 6.92 Å². The first-order valence-corrected chi connectivity index (χ1v) is 6.48. The normalized spacial score (nSPS) is 11.5. The lowest BCUT2D eigenvalue weighted by molar-refractivity contribution is -0.119. The summed E-state index contributed by atoms with van der Waals surface area (Å²) in [6.07, 6.45) is 0. The van der Waals surface area contributed by atoms with E-state index in [9.17, 15) is 9.59 Å². The Bertz CT molecular complexity index is 479. The van der Waals surface area contributed by atoms with Crippen molar-refractivity contribution in [1.29, 1.82) is 0 Å². The smallest absolute Gasteiger partial charge is 0.321 e. The highest BCUT2D eigenvalue weighted by molar-refractivity contribution is 8.00. The van der Waals surface area contributed by atoms with Crippen LogP contribution in [0.3, 0.4) is 0 Å². The largest absolute Gasteiger partial charge is 0.497 e. The number of imide groups is 1. The van der Waals surface area contributed by atoms with E-state index in [1.807, 2.05) is 0 Å². The van der Waals surface area contributed by atoms with Crippen LogP contribution in [0.5, 0.6) is 5.75 Å². The lowest BCUT2D eigenvalue weighted by atomic mass is 10.3. The molecule has 1 rings (SSSR count). The minimum atomic E-state index is -0.531. The van der Waals surface area contributed by atoms with Gasteiger partial charge in [0, 0.05) is 17.6 Å². The number of rotatable bonds is 4. The Morgan fingerprint density at radius 3 is 2.68 bits per heavy atom. The minimum absolute atomic E-state index is 0.383. The van der Waals surface area contributed by atoms with Crippen LogP contribution in [0.4, 0.5) is 10.5 Å². The summed E-state index contributed by atoms with van der Waals surface area (Å²) >= 11 is 1.26. The highest BCUT2D eigenvalue weighted by Gasteiger charge is 2.17. The summed E-state index contributed by atoms with van der Waals surface area (Å²) in [4.78, 5) is 23.5. The van der Waals surface area contributed by atoms with E-state index in [1.54, 1.807) is 32.2 Å². The number of methoxy groups -OCH3 is 1. The number of nitrogens with two attached hydrogens (primary N) is 1. The van der Waals surface area contributed by atoms with E-state index in [0.29, 0.717) is 11.4 Å². The lowest BCUT2D eigenvalue weighted by Crippen LogP contribution is -2.41. The zero-order valence-electron chi connectivity index (χ0n) is 11.0. The first kappa shape index (κ1) is 15.2. The molecule has 0 fully saturated rings. The fourth-order valence-corrected chi connectivity index (χ4v) is 2.20. The third kappa shape index (κ3) is 4.36. The zero-order valence-corrected chi connectivity index (χ0v) is 11.8. The van der Waals surface area contributed by atoms with Gasteiger partial charge in [-0.25, -0.2) is 4.79 Å². The molecule has 0 aliphatic heterocycles. The fraction of sp³-hybridized carbons (Fsp3) is 0.333. The van der Waals surface area contributed by atoms with Gasteiger partial charge in [0.15, 0.2) is 0 Å². The molecule has 0 aromatic heterocycles. The number of hydrogen-bond donors (Lipinski definition) is 3. The molecule has 0 aliphatic carbocycles. The molecule has 7 heteroatoms. The van der Waals surface area contributed by atoms with Crippen LogP contribution in [0.2, 0.25) is 0 Å². The molecule has 0 heterocycles. The second kappa shape index (κ2) is 6.89. The molecule has 104 valence electrons. The molecule has 1 aromatic rings. The van der Waals surface area contributed by atoms with Crippen molar-refractivity contribution in [2.75, 3.05) is 19.9 Å². The fourth-order valence-electron chi connectivity index (χ4n) is 1.26. The van der Waals surface area contributed by atoms with Gasteiger partial charge in [0.2, 0.25) is 5.91 Å². The predicted octanol–water partition coefficient (Wildman–Crippen LogP) is 1.21. The number of ether oxygens (including phenoxy) is 1. The molecule has 1 aromatic carbocycles. The summed E-state index contributed by atoms with van der Waals surface area (Å²) in [7, 11) is 3.00. The van der Waals surface area contributed by atoms with Crippen LogP contribution in [0, 0.1) is 0 Å². The first-order valence-electron chi connectivity index (χ1n) is 5.60. The van der Waals surface area contributed by atoms with E-state index in [0.717, 1.165) is 4.90 Å². The number of anilines is 1. The topological polar surface area (TPSA) is 93.5 Å². The molecular formula is C12H17N3O3S. The van der Waals surface area contributed by atoms with Gasteiger partial charge >= 0.3 is 6.03 Å². The van der Waals surface area contributed by atoms with E-state index in [4.69, 9.17) is 10.5 Å². The van der Waals surface area contributed by atoms with Gasteiger partial charge in [-0.1, -0.05) is 0 Å². The van der Waals surface area contributed by atoms with Crippen molar-refractivity contribution in [3.63, 3.8) is 0 Å². The summed E-state index contributed by atoms with van der Waals surface area (Å²) in [6.45, 7) is 1.70. The van der Waals surface area contributed by atoms with Crippen LogP contribution >= 0.6 is 11.8 Å². The number of hydrogen-bond acceptors (Lipinski definition) is 5. The lowest BCUT2D eigenvalue weighted by Gasteiger charge is -2.13. The van der Waals surface area contributed by atoms with Gasteiger partial charge < -0.3 is 15.8 Å². The Morgan fingerprint density at radius 1 is 1.42 bits per heavy atom. The standard InChI is InChI=1S/C12H17N3O3S/c1-7(11(16)15-12(17)14-2)19-10-6-8(18-3)4-5-9(10)13/h4-7H,13H2,1-3H3,(H2,14,15,16,17). The molecule has 3 amide bonds. The molecular weight excluding hydrogens is 266 g/mol. The molecule has 0 spiro atoms. The Hall–Kier alpha value is -1.89. The molecule has 6 nitrogen and oxygen atoms in total. The number of nitrogens with one attached hydrogen (secondary N) is 2. The van der Waals surface area contributed by atoms with E-state index < -0.39 is 11.3 Å². The highest BCUT2D eigenvalue weighted by atomic mass is 32.2. The molecule has 0 radical (unpaired) electrons. The quantitative estimate of drug-likeness (QED) is 0.570. The van der Waals surface area contributed by atoms with Crippen LogP contribution in [-0.4, -0.2) is 31.3 Å². The third-order valence-electron chi connectivity index (χ3n) is 2.36. The average molecular weight is 283 g/mol. The molecule has 19 heavy (non-hydrogen) atoms. The molecule has 4 N–H and O–H groups in total. The SMILES string of the molecule is CNC(=O)NC(=O)C(C)Sc1cc(OC)ccc1N. The molecule has 1 atom stereocenters. The number of nitrogen functional groups attached to an aromatic ring is 1. The molecule has 1 unspecified atom stereocenters.